The van der Waals surface area contributed by atoms with Gasteiger partial charge in [-0.1, -0.05) is 24.3 Å². The minimum absolute atomic E-state index is 0.0385. The molecule has 4 rings (SSSR count). The number of ketones is 1. The number of anilines is 1. The maximum Gasteiger partial charge on any atom is 0.350 e. The van der Waals surface area contributed by atoms with Crippen LogP contribution in [0.4, 0.5) is 10.1 Å². The topological polar surface area (TPSA) is 80.4 Å². The normalized spacial score (nSPS) is 16.0. The Morgan fingerprint density at radius 1 is 1.19 bits per heavy atom. The summed E-state index contributed by atoms with van der Waals surface area (Å²) in [5.41, 5.74) is 2.25. The third kappa shape index (κ3) is 3.44. The van der Waals surface area contributed by atoms with Crippen LogP contribution in [-0.2, 0) is 13.2 Å². The van der Waals surface area contributed by atoms with Crippen LogP contribution in [0.25, 0.3) is 5.69 Å². The Bertz CT molecular complexity index is 1240. The van der Waals surface area contributed by atoms with Crippen LogP contribution in [0.3, 0.4) is 0 Å². The molecule has 2 aromatic carbocycles. The quantitative estimate of drug-likeness (QED) is 0.662. The monoisotopic (exact) mass is 438 g/mol. The molecule has 0 radical (unpaired) electrons. The van der Waals surface area contributed by atoms with Crippen molar-refractivity contribution in [3.63, 3.8) is 0 Å². The van der Waals surface area contributed by atoms with E-state index in [1.165, 1.54) is 16.7 Å². The molecule has 3 aromatic rings. The number of hydrogen-bond donors (Lipinski definition) is 1. The SMILES string of the molecule is CCn1c(CO)nn(-c2cc3c(cc2F)C(=O)[C@@H](c2ccccc2C)CN3C(C)C)c1=O. The van der Waals surface area contributed by atoms with Gasteiger partial charge in [0.2, 0.25) is 0 Å². The Morgan fingerprint density at radius 3 is 2.50 bits per heavy atom. The smallest absolute Gasteiger partial charge is 0.350 e. The van der Waals surface area contributed by atoms with Crippen molar-refractivity contribution in [2.75, 3.05) is 11.4 Å². The molecule has 1 aliphatic rings. The van der Waals surface area contributed by atoms with Gasteiger partial charge in [0.05, 0.1) is 11.6 Å². The lowest BCUT2D eigenvalue weighted by Crippen LogP contribution is -2.42. The van der Waals surface area contributed by atoms with E-state index in [1.807, 2.05) is 45.0 Å². The number of nitrogens with zero attached hydrogens (tertiary/aromatic N) is 4. The maximum atomic E-state index is 15.3. The zero-order valence-corrected chi connectivity index (χ0v) is 18.7. The number of aliphatic hydroxyl groups is 1. The Hall–Kier alpha value is -3.26. The number of Topliss-reactive ketones (excluding diaryl/α,β-unsaturated/α-hetero) is 1. The summed E-state index contributed by atoms with van der Waals surface area (Å²) in [6.07, 6.45) is 0. The number of aromatic nitrogens is 3. The van der Waals surface area contributed by atoms with Gasteiger partial charge in [-0.15, -0.1) is 5.10 Å². The van der Waals surface area contributed by atoms with Crippen LogP contribution in [0, 0.1) is 12.7 Å². The minimum atomic E-state index is -0.710. The van der Waals surface area contributed by atoms with Gasteiger partial charge < -0.3 is 10.0 Å². The van der Waals surface area contributed by atoms with Crippen molar-refractivity contribution in [1.29, 1.82) is 0 Å². The average Bonchev–Trinajstić information content (AvgIpc) is 3.09. The van der Waals surface area contributed by atoms with E-state index in [2.05, 4.69) is 10.00 Å². The number of aryl methyl sites for hydroxylation is 1. The molecule has 0 bridgehead atoms. The van der Waals surface area contributed by atoms with Crippen LogP contribution in [0.1, 0.15) is 54.0 Å². The summed E-state index contributed by atoms with van der Waals surface area (Å²) >= 11 is 0. The molecule has 32 heavy (non-hydrogen) atoms. The van der Waals surface area contributed by atoms with Crippen molar-refractivity contribution < 1.29 is 14.3 Å². The molecule has 0 unspecified atom stereocenters. The Balaban J connectivity index is 1.89. The summed E-state index contributed by atoms with van der Waals surface area (Å²) < 4.78 is 17.5. The number of fused-ring (bicyclic) bond motifs is 1. The van der Waals surface area contributed by atoms with Crippen molar-refractivity contribution in [3.05, 3.63) is 75.2 Å². The number of hydrogen-bond acceptors (Lipinski definition) is 5. The highest BCUT2D eigenvalue weighted by Crippen LogP contribution is 2.38. The molecule has 2 heterocycles. The highest BCUT2D eigenvalue weighted by molar-refractivity contribution is 6.08. The molecule has 0 spiro atoms. The van der Waals surface area contributed by atoms with Crippen molar-refractivity contribution in [2.45, 2.75) is 52.8 Å². The molecule has 0 saturated carbocycles. The Kier molecular flexibility index (Phi) is 5.73. The molecule has 0 amide bonds. The fourth-order valence-corrected chi connectivity index (χ4v) is 4.45. The second kappa shape index (κ2) is 8.35. The molecule has 0 fully saturated rings. The standard InChI is InChI=1S/C24H27FN4O3/c1-5-27-22(13-30)26-29(24(27)32)21-11-20-17(10-19(21)25)23(31)18(12-28(20)14(2)3)16-9-7-6-8-15(16)4/h6-11,14,18,30H,5,12-13H2,1-4H3/t18-/m1/s1. The maximum absolute atomic E-state index is 15.3. The largest absolute Gasteiger partial charge is 0.388 e. The second-order valence-electron chi connectivity index (χ2n) is 8.35. The van der Waals surface area contributed by atoms with E-state index in [-0.39, 0.29) is 23.3 Å². The lowest BCUT2D eigenvalue weighted by atomic mass is 9.83. The average molecular weight is 439 g/mol. The molecular formula is C24H27FN4O3. The van der Waals surface area contributed by atoms with Crippen molar-refractivity contribution in [3.8, 4) is 5.69 Å². The summed E-state index contributed by atoms with van der Waals surface area (Å²) in [7, 11) is 0. The first kappa shape index (κ1) is 22.0. The number of halogens is 1. The van der Waals surface area contributed by atoms with Gasteiger partial charge in [-0.25, -0.2) is 9.18 Å². The fourth-order valence-electron chi connectivity index (χ4n) is 4.45. The zero-order valence-electron chi connectivity index (χ0n) is 18.7. The van der Waals surface area contributed by atoms with Gasteiger partial charge in [0.1, 0.15) is 18.1 Å². The fraction of sp³-hybridized carbons (Fsp3) is 0.375. The van der Waals surface area contributed by atoms with Gasteiger partial charge in [-0.2, -0.15) is 4.68 Å². The summed E-state index contributed by atoms with van der Waals surface area (Å²) in [5.74, 6) is -1.09. The summed E-state index contributed by atoms with van der Waals surface area (Å²) in [4.78, 5) is 28.3. The van der Waals surface area contributed by atoms with Crippen LogP contribution >= 0.6 is 0 Å². The first-order valence-electron chi connectivity index (χ1n) is 10.8. The molecule has 1 aromatic heterocycles. The van der Waals surface area contributed by atoms with Gasteiger partial charge in [0.15, 0.2) is 11.6 Å². The lowest BCUT2D eigenvalue weighted by molar-refractivity contribution is 0.0954. The number of rotatable bonds is 5. The number of aliphatic hydroxyl groups excluding tert-OH is 1. The number of benzene rings is 2. The highest BCUT2D eigenvalue weighted by Gasteiger charge is 2.36. The van der Waals surface area contributed by atoms with Crippen LogP contribution in [0.2, 0.25) is 0 Å². The van der Waals surface area contributed by atoms with Crippen LogP contribution < -0.4 is 10.6 Å². The summed E-state index contributed by atoms with van der Waals surface area (Å²) in [6, 6.07) is 10.5. The predicted octanol–water partition coefficient (Wildman–Crippen LogP) is 3.19. The Labute approximate surface area is 185 Å². The van der Waals surface area contributed by atoms with Crippen LogP contribution in [0.5, 0.6) is 0 Å². The molecule has 1 atom stereocenters. The lowest BCUT2D eigenvalue weighted by Gasteiger charge is -2.38. The molecule has 0 aliphatic carbocycles. The van der Waals surface area contributed by atoms with Crippen molar-refractivity contribution in [2.24, 2.45) is 0 Å². The van der Waals surface area contributed by atoms with Crippen LogP contribution in [0.15, 0.2) is 41.2 Å². The summed E-state index contributed by atoms with van der Waals surface area (Å²) in [5, 5.41) is 13.6. The van der Waals surface area contributed by atoms with Crippen molar-refractivity contribution >= 4 is 11.5 Å². The predicted molar refractivity (Wildman–Crippen MR) is 120 cm³/mol. The zero-order chi connectivity index (χ0) is 23.2. The summed E-state index contributed by atoms with van der Waals surface area (Å²) in [6.45, 7) is 8.07. The highest BCUT2D eigenvalue weighted by atomic mass is 19.1. The van der Waals surface area contributed by atoms with E-state index >= 15 is 4.39 Å². The molecule has 8 heteroatoms. The molecule has 1 N–H and O–H groups in total. The van der Waals surface area contributed by atoms with Gasteiger partial charge in [-0.05, 0) is 51.0 Å². The van der Waals surface area contributed by atoms with Gasteiger partial charge >= 0.3 is 5.69 Å². The first-order valence-corrected chi connectivity index (χ1v) is 10.8. The third-order valence-electron chi connectivity index (χ3n) is 6.15. The Morgan fingerprint density at radius 2 is 1.91 bits per heavy atom. The van der Waals surface area contributed by atoms with Crippen LogP contribution in [-0.4, -0.2) is 37.8 Å². The van der Waals surface area contributed by atoms with E-state index in [9.17, 15) is 14.7 Å². The first-order chi connectivity index (χ1) is 15.3. The van der Waals surface area contributed by atoms with E-state index < -0.39 is 24.0 Å². The van der Waals surface area contributed by atoms with Gasteiger partial charge in [0.25, 0.3) is 0 Å². The molecule has 0 saturated heterocycles. The molecule has 7 nitrogen and oxygen atoms in total. The number of carbonyl (C=O) groups is 1. The van der Waals surface area contributed by atoms with E-state index in [0.29, 0.717) is 24.3 Å². The van der Waals surface area contributed by atoms with Gasteiger partial charge in [-0.3, -0.25) is 9.36 Å². The molecular weight excluding hydrogens is 411 g/mol. The second-order valence-corrected chi connectivity index (χ2v) is 8.35. The van der Waals surface area contributed by atoms with E-state index in [4.69, 9.17) is 0 Å². The van der Waals surface area contributed by atoms with Gasteiger partial charge in [0, 0.05) is 24.7 Å². The van der Waals surface area contributed by atoms with E-state index in [0.717, 1.165) is 15.8 Å². The number of carbonyl (C=O) groups excluding carboxylic acids is 1. The molecule has 1 aliphatic heterocycles. The minimum Gasteiger partial charge on any atom is -0.388 e. The third-order valence-corrected chi connectivity index (χ3v) is 6.15. The van der Waals surface area contributed by atoms with E-state index in [1.54, 1.807) is 6.92 Å². The molecule has 168 valence electrons. The van der Waals surface area contributed by atoms with Crippen molar-refractivity contribution in [1.82, 2.24) is 14.3 Å².